The first-order valence-electron chi connectivity index (χ1n) is 6.07. The summed E-state index contributed by atoms with van der Waals surface area (Å²) in [6, 6.07) is 10.2. The van der Waals surface area contributed by atoms with Crippen LogP contribution in [0.15, 0.2) is 42.0 Å². The smallest absolute Gasteiger partial charge is 0.198 e. The maximum atomic E-state index is 12.3. The molecule has 86 valence electrons. The van der Waals surface area contributed by atoms with Gasteiger partial charge in [-0.25, -0.2) is 0 Å². The molecule has 1 aromatic carbocycles. The van der Waals surface area contributed by atoms with Gasteiger partial charge in [-0.15, -0.1) is 11.3 Å². The fourth-order valence-electron chi connectivity index (χ4n) is 2.30. The molecule has 17 heavy (non-hydrogen) atoms. The van der Waals surface area contributed by atoms with E-state index in [0.717, 1.165) is 29.7 Å². The molecule has 1 heterocycles. The average Bonchev–Trinajstić information content (AvgIpc) is 2.82. The predicted octanol–water partition coefficient (Wildman–Crippen LogP) is 4.58. The van der Waals surface area contributed by atoms with Crippen molar-refractivity contribution in [3.63, 3.8) is 0 Å². The Morgan fingerprint density at radius 3 is 2.82 bits per heavy atom. The van der Waals surface area contributed by atoms with Gasteiger partial charge in [0, 0.05) is 4.70 Å². The molecule has 1 aliphatic rings. The molecule has 0 saturated heterocycles. The first kappa shape index (κ1) is 10.7. The molecule has 0 spiro atoms. The van der Waals surface area contributed by atoms with Gasteiger partial charge in [0.05, 0.1) is 4.88 Å². The Hall–Kier alpha value is -1.41. The van der Waals surface area contributed by atoms with Gasteiger partial charge in [-0.1, -0.05) is 24.3 Å². The molecule has 1 aromatic heterocycles. The quantitative estimate of drug-likeness (QED) is 0.704. The van der Waals surface area contributed by atoms with Crippen LogP contribution in [0.1, 0.15) is 35.4 Å². The van der Waals surface area contributed by atoms with Crippen LogP contribution in [0, 0.1) is 0 Å². The molecule has 0 bridgehead atoms. The van der Waals surface area contributed by atoms with Crippen LogP contribution in [0.4, 0.5) is 0 Å². The van der Waals surface area contributed by atoms with Crippen LogP contribution < -0.4 is 0 Å². The third-order valence-corrected chi connectivity index (χ3v) is 4.35. The number of carbonyl (C=O) groups excluding carboxylic acids is 1. The second-order valence-corrected chi connectivity index (χ2v) is 5.54. The Kier molecular flexibility index (Phi) is 2.81. The Morgan fingerprint density at radius 2 is 2.06 bits per heavy atom. The number of thiophene rings is 1. The van der Waals surface area contributed by atoms with Crippen molar-refractivity contribution < 1.29 is 4.79 Å². The molecule has 1 aliphatic carbocycles. The highest BCUT2D eigenvalue weighted by molar-refractivity contribution is 7.21. The number of ketones is 1. The largest absolute Gasteiger partial charge is 0.288 e. The van der Waals surface area contributed by atoms with Gasteiger partial charge in [0.2, 0.25) is 0 Å². The molecular weight excluding hydrogens is 228 g/mol. The van der Waals surface area contributed by atoms with Crippen molar-refractivity contribution >= 4 is 27.2 Å². The molecule has 0 N–H and O–H groups in total. The molecule has 0 radical (unpaired) electrons. The molecule has 0 atom stereocenters. The maximum absolute atomic E-state index is 12.3. The first-order chi connectivity index (χ1) is 8.34. The van der Waals surface area contributed by atoms with Crippen LogP contribution in [0.2, 0.25) is 0 Å². The summed E-state index contributed by atoms with van der Waals surface area (Å²) in [6.07, 6.45) is 6.51. The Bertz CT molecular complexity index is 559. The molecule has 3 rings (SSSR count). The minimum absolute atomic E-state index is 0.242. The van der Waals surface area contributed by atoms with Crippen LogP contribution in [0.5, 0.6) is 0 Å². The Labute approximate surface area is 105 Å². The molecule has 0 aliphatic heterocycles. The van der Waals surface area contributed by atoms with E-state index < -0.39 is 0 Å². The normalized spacial score (nSPS) is 15.9. The molecule has 1 nitrogen and oxygen atoms in total. The summed E-state index contributed by atoms with van der Waals surface area (Å²) in [5.74, 6) is 0.242. The van der Waals surface area contributed by atoms with Gasteiger partial charge in [-0.2, -0.15) is 0 Å². The van der Waals surface area contributed by atoms with E-state index in [-0.39, 0.29) is 5.78 Å². The third kappa shape index (κ3) is 2.05. The van der Waals surface area contributed by atoms with Gasteiger partial charge >= 0.3 is 0 Å². The van der Waals surface area contributed by atoms with Crippen molar-refractivity contribution in [3.8, 4) is 0 Å². The predicted molar refractivity (Wildman–Crippen MR) is 72.7 cm³/mol. The van der Waals surface area contributed by atoms with Gasteiger partial charge < -0.3 is 0 Å². The topological polar surface area (TPSA) is 17.1 Å². The average molecular weight is 242 g/mol. The van der Waals surface area contributed by atoms with Gasteiger partial charge in [0.25, 0.3) is 0 Å². The zero-order valence-corrected chi connectivity index (χ0v) is 10.4. The van der Waals surface area contributed by atoms with Crippen LogP contribution >= 0.6 is 11.3 Å². The van der Waals surface area contributed by atoms with E-state index in [9.17, 15) is 4.79 Å². The number of hydrogen-bond donors (Lipinski definition) is 0. The van der Waals surface area contributed by atoms with E-state index in [0.29, 0.717) is 0 Å². The second-order valence-electron chi connectivity index (χ2n) is 4.45. The summed E-state index contributed by atoms with van der Waals surface area (Å²) in [5.41, 5.74) is 1.02. The van der Waals surface area contributed by atoms with Gasteiger partial charge in [-0.3, -0.25) is 4.79 Å². The summed E-state index contributed by atoms with van der Waals surface area (Å²) in [6.45, 7) is 0. The zero-order chi connectivity index (χ0) is 11.7. The van der Waals surface area contributed by atoms with Crippen LogP contribution in [0.25, 0.3) is 10.1 Å². The Balaban J connectivity index is 1.98. The molecule has 0 amide bonds. The molecule has 0 unspecified atom stereocenters. The van der Waals surface area contributed by atoms with Crippen molar-refractivity contribution in [2.75, 3.05) is 0 Å². The fraction of sp³-hybridized carbons (Fsp3) is 0.267. The van der Waals surface area contributed by atoms with Gasteiger partial charge in [0.1, 0.15) is 0 Å². The highest BCUT2D eigenvalue weighted by Gasteiger charge is 2.16. The summed E-state index contributed by atoms with van der Waals surface area (Å²) in [5, 5.41) is 1.18. The molecule has 2 aromatic rings. The summed E-state index contributed by atoms with van der Waals surface area (Å²) >= 11 is 1.61. The van der Waals surface area contributed by atoms with Gasteiger partial charge in [-0.05, 0) is 48.8 Å². The SMILES string of the molecule is O=C(C1=CCCCC1)c1cc2ccccc2s1. The minimum Gasteiger partial charge on any atom is -0.288 e. The number of rotatable bonds is 2. The molecule has 0 fully saturated rings. The van der Waals surface area contributed by atoms with E-state index in [1.807, 2.05) is 18.2 Å². The number of Topliss-reactive ketones (excluding diaryl/α,β-unsaturated/α-hetero) is 1. The summed E-state index contributed by atoms with van der Waals surface area (Å²) < 4.78 is 1.20. The molecule has 2 heteroatoms. The number of hydrogen-bond acceptors (Lipinski definition) is 2. The number of benzene rings is 1. The molecular formula is C15H14OS. The van der Waals surface area contributed by atoms with Crippen molar-refractivity contribution in [1.82, 2.24) is 0 Å². The van der Waals surface area contributed by atoms with Gasteiger partial charge in [0.15, 0.2) is 5.78 Å². The lowest BCUT2D eigenvalue weighted by Gasteiger charge is -2.09. The van der Waals surface area contributed by atoms with E-state index in [1.165, 1.54) is 16.5 Å². The maximum Gasteiger partial charge on any atom is 0.198 e. The van der Waals surface area contributed by atoms with Crippen molar-refractivity contribution in [2.45, 2.75) is 25.7 Å². The number of fused-ring (bicyclic) bond motifs is 1. The monoisotopic (exact) mass is 242 g/mol. The van der Waals surface area contributed by atoms with Crippen LogP contribution in [-0.4, -0.2) is 5.78 Å². The highest BCUT2D eigenvalue weighted by Crippen LogP contribution is 2.29. The van der Waals surface area contributed by atoms with Crippen LogP contribution in [0.3, 0.4) is 0 Å². The lowest BCUT2D eigenvalue weighted by Crippen LogP contribution is -2.04. The fourth-order valence-corrected chi connectivity index (χ4v) is 3.33. The first-order valence-corrected chi connectivity index (χ1v) is 6.88. The van der Waals surface area contributed by atoms with Crippen LogP contribution in [-0.2, 0) is 0 Å². The zero-order valence-electron chi connectivity index (χ0n) is 9.61. The van der Waals surface area contributed by atoms with E-state index in [2.05, 4.69) is 18.2 Å². The van der Waals surface area contributed by atoms with E-state index >= 15 is 0 Å². The lowest BCUT2D eigenvalue weighted by molar-refractivity contribution is 0.103. The summed E-state index contributed by atoms with van der Waals surface area (Å²) in [4.78, 5) is 13.2. The molecule has 0 saturated carbocycles. The summed E-state index contributed by atoms with van der Waals surface area (Å²) in [7, 11) is 0. The Morgan fingerprint density at radius 1 is 1.18 bits per heavy atom. The van der Waals surface area contributed by atoms with Crippen molar-refractivity contribution in [1.29, 1.82) is 0 Å². The van der Waals surface area contributed by atoms with Crippen molar-refractivity contribution in [2.24, 2.45) is 0 Å². The highest BCUT2D eigenvalue weighted by atomic mass is 32.1. The van der Waals surface area contributed by atoms with E-state index in [1.54, 1.807) is 11.3 Å². The second kappa shape index (κ2) is 4.46. The minimum atomic E-state index is 0.242. The number of allylic oxidation sites excluding steroid dienone is 2. The standard InChI is InChI=1S/C15H14OS/c16-15(11-6-2-1-3-7-11)14-10-12-8-4-5-9-13(12)17-14/h4-6,8-10H,1-3,7H2. The lowest BCUT2D eigenvalue weighted by atomic mass is 9.96. The van der Waals surface area contributed by atoms with Crippen molar-refractivity contribution in [3.05, 3.63) is 46.9 Å². The van der Waals surface area contributed by atoms with E-state index in [4.69, 9.17) is 0 Å². The third-order valence-electron chi connectivity index (χ3n) is 3.23. The number of carbonyl (C=O) groups is 1.